The van der Waals surface area contributed by atoms with Crippen LogP contribution in [0.3, 0.4) is 0 Å². The third-order valence-corrected chi connectivity index (χ3v) is 3.86. The molecule has 0 atom stereocenters. The number of nitrogens with one attached hydrogen (secondary N) is 2. The van der Waals surface area contributed by atoms with Gasteiger partial charge in [0.1, 0.15) is 0 Å². The Labute approximate surface area is 119 Å². The summed E-state index contributed by atoms with van der Waals surface area (Å²) in [5.41, 5.74) is 5.21. The van der Waals surface area contributed by atoms with Crippen molar-refractivity contribution in [2.45, 2.75) is 12.5 Å². The summed E-state index contributed by atoms with van der Waals surface area (Å²) >= 11 is 0. The van der Waals surface area contributed by atoms with Gasteiger partial charge in [-0.05, 0) is 28.7 Å². The summed E-state index contributed by atoms with van der Waals surface area (Å²) in [6, 6.07) is 17.0. The van der Waals surface area contributed by atoms with E-state index in [0.717, 1.165) is 6.42 Å². The fourth-order valence-electron chi connectivity index (χ4n) is 2.83. The van der Waals surface area contributed by atoms with Crippen molar-refractivity contribution >= 4 is 5.91 Å². The minimum atomic E-state index is 0.00513. The van der Waals surface area contributed by atoms with Gasteiger partial charge < -0.3 is 5.32 Å². The zero-order valence-electron chi connectivity index (χ0n) is 11.5. The van der Waals surface area contributed by atoms with Gasteiger partial charge in [-0.15, -0.1) is 0 Å². The Bertz CT molecular complexity index is 591. The van der Waals surface area contributed by atoms with E-state index in [1.54, 1.807) is 7.05 Å². The predicted molar refractivity (Wildman–Crippen MR) is 79.6 cm³/mol. The summed E-state index contributed by atoms with van der Waals surface area (Å²) < 4.78 is 0. The first kappa shape index (κ1) is 12.9. The molecule has 0 unspecified atom stereocenters. The summed E-state index contributed by atoms with van der Waals surface area (Å²) in [6.07, 6.45) is 0.963. The summed E-state index contributed by atoms with van der Waals surface area (Å²) in [4.78, 5) is 11.5. The second-order valence-electron chi connectivity index (χ2n) is 5.06. The van der Waals surface area contributed by atoms with Crippen molar-refractivity contribution in [1.82, 2.24) is 10.6 Å². The molecule has 0 aromatic heterocycles. The van der Waals surface area contributed by atoms with E-state index in [1.165, 1.54) is 22.3 Å². The average Bonchev–Trinajstić information content (AvgIpc) is 2.51. The molecule has 1 amide bonds. The molecule has 0 radical (unpaired) electrons. The second kappa shape index (κ2) is 5.47. The lowest BCUT2D eigenvalue weighted by Gasteiger charge is -2.29. The van der Waals surface area contributed by atoms with E-state index in [-0.39, 0.29) is 11.9 Å². The average molecular weight is 266 g/mol. The number of carbonyl (C=O) groups is 1. The number of carbonyl (C=O) groups excluding carboxylic acids is 1. The Morgan fingerprint density at radius 1 is 1.05 bits per heavy atom. The van der Waals surface area contributed by atoms with Gasteiger partial charge in [-0.2, -0.15) is 0 Å². The molecule has 0 saturated heterocycles. The van der Waals surface area contributed by atoms with Gasteiger partial charge in [0.05, 0.1) is 12.6 Å². The van der Waals surface area contributed by atoms with Gasteiger partial charge in [0.2, 0.25) is 5.91 Å². The molecule has 3 nitrogen and oxygen atoms in total. The van der Waals surface area contributed by atoms with Crippen molar-refractivity contribution in [1.29, 1.82) is 0 Å². The van der Waals surface area contributed by atoms with Crippen LogP contribution >= 0.6 is 0 Å². The van der Waals surface area contributed by atoms with Crippen LogP contribution in [0.15, 0.2) is 48.5 Å². The fraction of sp³-hybridized carbons (Fsp3) is 0.235. The largest absolute Gasteiger partial charge is 0.358 e. The number of rotatable bonds is 3. The molecular weight excluding hydrogens is 248 g/mol. The monoisotopic (exact) mass is 266 g/mol. The number of fused-ring (bicyclic) bond motifs is 2. The van der Waals surface area contributed by atoms with Crippen molar-refractivity contribution in [3.8, 4) is 0 Å². The lowest BCUT2D eigenvalue weighted by molar-refractivity contribution is -0.119. The van der Waals surface area contributed by atoms with E-state index < -0.39 is 0 Å². The van der Waals surface area contributed by atoms with Crippen LogP contribution in [0.5, 0.6) is 0 Å². The molecule has 1 aliphatic carbocycles. The van der Waals surface area contributed by atoms with Crippen LogP contribution in [0.4, 0.5) is 0 Å². The van der Waals surface area contributed by atoms with Gasteiger partial charge in [0.25, 0.3) is 0 Å². The van der Waals surface area contributed by atoms with Crippen molar-refractivity contribution in [3.05, 3.63) is 70.8 Å². The normalized spacial score (nSPS) is 13.4. The first-order valence-electron chi connectivity index (χ1n) is 6.89. The van der Waals surface area contributed by atoms with Crippen molar-refractivity contribution in [2.24, 2.45) is 0 Å². The van der Waals surface area contributed by atoms with Crippen LogP contribution in [0.2, 0.25) is 0 Å². The molecule has 2 aromatic carbocycles. The van der Waals surface area contributed by atoms with Crippen LogP contribution in [-0.2, 0) is 11.2 Å². The van der Waals surface area contributed by atoms with E-state index in [0.29, 0.717) is 6.54 Å². The Morgan fingerprint density at radius 3 is 2.15 bits per heavy atom. The first-order chi connectivity index (χ1) is 9.79. The topological polar surface area (TPSA) is 41.1 Å². The maximum absolute atomic E-state index is 11.5. The quantitative estimate of drug-likeness (QED) is 0.892. The van der Waals surface area contributed by atoms with E-state index >= 15 is 0 Å². The minimum Gasteiger partial charge on any atom is -0.358 e. The van der Waals surface area contributed by atoms with E-state index in [1.807, 2.05) is 0 Å². The molecule has 0 bridgehead atoms. The molecule has 3 heteroatoms. The van der Waals surface area contributed by atoms with Crippen LogP contribution in [0, 0.1) is 0 Å². The van der Waals surface area contributed by atoms with Crippen molar-refractivity contribution in [3.63, 3.8) is 0 Å². The Balaban J connectivity index is 1.97. The molecule has 0 aliphatic heterocycles. The highest BCUT2D eigenvalue weighted by Crippen LogP contribution is 2.34. The maximum Gasteiger partial charge on any atom is 0.233 e. The van der Waals surface area contributed by atoms with Crippen LogP contribution < -0.4 is 10.6 Å². The molecule has 0 spiro atoms. The number of amides is 1. The van der Waals surface area contributed by atoms with Gasteiger partial charge in [-0.25, -0.2) is 0 Å². The van der Waals surface area contributed by atoms with Gasteiger partial charge in [0.15, 0.2) is 0 Å². The molecule has 2 aromatic rings. The highest BCUT2D eigenvalue weighted by molar-refractivity contribution is 5.77. The zero-order valence-corrected chi connectivity index (χ0v) is 11.5. The Hall–Kier alpha value is -2.13. The number of hydrogen-bond acceptors (Lipinski definition) is 2. The van der Waals surface area contributed by atoms with Gasteiger partial charge in [0, 0.05) is 7.05 Å². The highest BCUT2D eigenvalue weighted by Gasteiger charge is 2.24. The number of benzene rings is 2. The number of hydrogen-bond donors (Lipinski definition) is 2. The fourth-order valence-corrected chi connectivity index (χ4v) is 2.83. The molecule has 0 heterocycles. The molecule has 0 saturated carbocycles. The summed E-state index contributed by atoms with van der Waals surface area (Å²) in [7, 11) is 1.66. The third kappa shape index (κ3) is 2.32. The molecule has 3 rings (SSSR count). The van der Waals surface area contributed by atoms with Crippen LogP contribution in [0.1, 0.15) is 28.3 Å². The maximum atomic E-state index is 11.5. The molecule has 2 N–H and O–H groups in total. The van der Waals surface area contributed by atoms with Crippen LogP contribution in [-0.4, -0.2) is 19.5 Å². The first-order valence-corrected chi connectivity index (χ1v) is 6.89. The molecule has 1 aliphatic rings. The summed E-state index contributed by atoms with van der Waals surface area (Å²) in [5.74, 6) is 0.00513. The second-order valence-corrected chi connectivity index (χ2v) is 5.06. The van der Waals surface area contributed by atoms with Crippen molar-refractivity contribution in [2.75, 3.05) is 13.6 Å². The predicted octanol–water partition coefficient (Wildman–Crippen LogP) is 2.02. The number of likely N-dealkylation sites (N-methyl/N-ethyl adjacent to an activating group) is 1. The zero-order chi connectivity index (χ0) is 13.9. The highest BCUT2D eigenvalue weighted by atomic mass is 16.1. The molecule has 102 valence electrons. The van der Waals surface area contributed by atoms with E-state index in [2.05, 4.69) is 59.2 Å². The Morgan fingerprint density at radius 2 is 1.60 bits per heavy atom. The summed E-state index contributed by atoms with van der Waals surface area (Å²) in [5, 5.41) is 6.02. The lowest BCUT2D eigenvalue weighted by atomic mass is 9.82. The molecule has 20 heavy (non-hydrogen) atoms. The van der Waals surface area contributed by atoms with Gasteiger partial charge in [-0.3, -0.25) is 10.1 Å². The van der Waals surface area contributed by atoms with Crippen LogP contribution in [0.25, 0.3) is 0 Å². The smallest absolute Gasteiger partial charge is 0.233 e. The molecular formula is C17H18N2O. The van der Waals surface area contributed by atoms with Gasteiger partial charge in [-0.1, -0.05) is 48.5 Å². The lowest BCUT2D eigenvalue weighted by Crippen LogP contribution is -2.35. The third-order valence-electron chi connectivity index (χ3n) is 3.86. The standard InChI is InChI=1S/C17H18N2O/c1-18-16(20)11-19-17-14-8-4-2-6-12(14)10-13-7-3-5-9-15(13)17/h2-9,17,19H,10-11H2,1H3,(H,18,20). The SMILES string of the molecule is CNC(=O)CNC1c2ccccc2Cc2ccccc21. The van der Waals surface area contributed by atoms with E-state index in [9.17, 15) is 4.79 Å². The minimum absolute atomic E-state index is 0.00513. The molecule has 0 fully saturated rings. The Kier molecular flexibility index (Phi) is 3.52. The van der Waals surface area contributed by atoms with E-state index in [4.69, 9.17) is 0 Å². The van der Waals surface area contributed by atoms with Gasteiger partial charge >= 0.3 is 0 Å². The summed E-state index contributed by atoms with van der Waals surface area (Å²) in [6.45, 7) is 0.323. The van der Waals surface area contributed by atoms with Crippen molar-refractivity contribution < 1.29 is 4.79 Å².